The van der Waals surface area contributed by atoms with Crippen LogP contribution in [0.2, 0.25) is 0 Å². The summed E-state index contributed by atoms with van der Waals surface area (Å²) in [5, 5.41) is 8.56. The van der Waals surface area contributed by atoms with E-state index in [0.29, 0.717) is 0 Å². The Morgan fingerprint density at radius 2 is 2.08 bits per heavy atom. The van der Waals surface area contributed by atoms with E-state index in [4.69, 9.17) is 5.11 Å². The van der Waals surface area contributed by atoms with Gasteiger partial charge in [-0.2, -0.15) is 0 Å². The molecule has 0 aromatic rings. The Hall–Kier alpha value is -0.860. The van der Waals surface area contributed by atoms with Gasteiger partial charge in [0.1, 0.15) is 6.29 Å². The number of hydrogen-bond donors (Lipinski definition) is 1. The van der Waals surface area contributed by atoms with Crippen LogP contribution in [-0.4, -0.2) is 17.4 Å². The molecular formula is C9H14O3. The summed E-state index contributed by atoms with van der Waals surface area (Å²) in [7, 11) is 0. The molecule has 1 saturated carbocycles. The van der Waals surface area contributed by atoms with Gasteiger partial charge in [0.2, 0.25) is 0 Å². The van der Waals surface area contributed by atoms with Crippen LogP contribution in [-0.2, 0) is 9.59 Å². The zero-order valence-electron chi connectivity index (χ0n) is 7.03. The molecule has 0 aromatic carbocycles. The topological polar surface area (TPSA) is 54.4 Å². The standard InChI is InChI=1S/C9H14O3/c10-6-8-4-2-1-3-7(8)5-9(11)12/h6-8H,1-5H2,(H,11,12)/t7-,8-/m1/s1. The molecule has 3 nitrogen and oxygen atoms in total. The van der Waals surface area contributed by atoms with Crippen molar-refractivity contribution in [3.05, 3.63) is 0 Å². The summed E-state index contributed by atoms with van der Waals surface area (Å²) in [5.74, 6) is -0.697. The number of aliphatic carboxylic acids is 1. The van der Waals surface area contributed by atoms with Gasteiger partial charge in [-0.3, -0.25) is 4.79 Å². The molecule has 1 fully saturated rings. The average Bonchev–Trinajstić information content (AvgIpc) is 2.04. The first kappa shape index (κ1) is 9.23. The maximum Gasteiger partial charge on any atom is 0.303 e. The van der Waals surface area contributed by atoms with Crippen molar-refractivity contribution in [1.82, 2.24) is 0 Å². The monoisotopic (exact) mass is 170 g/mol. The van der Waals surface area contributed by atoms with Gasteiger partial charge in [0.05, 0.1) is 0 Å². The minimum absolute atomic E-state index is 0.00477. The minimum Gasteiger partial charge on any atom is -0.481 e. The largest absolute Gasteiger partial charge is 0.481 e. The molecule has 1 aliphatic carbocycles. The number of aldehydes is 1. The highest BCUT2D eigenvalue weighted by Crippen LogP contribution is 2.30. The van der Waals surface area contributed by atoms with Crippen LogP contribution in [0.25, 0.3) is 0 Å². The van der Waals surface area contributed by atoms with Gasteiger partial charge in [-0.15, -0.1) is 0 Å². The molecule has 0 heterocycles. The molecule has 12 heavy (non-hydrogen) atoms. The number of carbonyl (C=O) groups is 2. The Morgan fingerprint density at radius 1 is 1.42 bits per heavy atom. The van der Waals surface area contributed by atoms with Gasteiger partial charge in [0.15, 0.2) is 0 Å². The van der Waals surface area contributed by atoms with Crippen molar-refractivity contribution in [1.29, 1.82) is 0 Å². The number of carboxylic acid groups (broad SMARTS) is 1. The number of hydrogen-bond acceptors (Lipinski definition) is 2. The van der Waals surface area contributed by atoms with E-state index in [1.807, 2.05) is 0 Å². The third kappa shape index (κ3) is 2.32. The first-order valence-electron chi connectivity index (χ1n) is 4.41. The summed E-state index contributed by atoms with van der Waals surface area (Å²) in [6, 6.07) is 0. The van der Waals surface area contributed by atoms with Crippen LogP contribution in [0.3, 0.4) is 0 Å². The van der Waals surface area contributed by atoms with E-state index in [-0.39, 0.29) is 18.3 Å². The van der Waals surface area contributed by atoms with Crippen LogP contribution in [0, 0.1) is 11.8 Å². The molecule has 68 valence electrons. The molecular weight excluding hydrogens is 156 g/mol. The molecule has 0 aromatic heterocycles. The molecule has 1 N–H and O–H groups in total. The smallest absolute Gasteiger partial charge is 0.303 e. The van der Waals surface area contributed by atoms with Gasteiger partial charge in [0, 0.05) is 12.3 Å². The predicted molar refractivity (Wildman–Crippen MR) is 43.8 cm³/mol. The zero-order chi connectivity index (χ0) is 8.97. The van der Waals surface area contributed by atoms with E-state index in [0.717, 1.165) is 32.0 Å². The summed E-state index contributed by atoms with van der Waals surface area (Å²) in [5.41, 5.74) is 0. The molecule has 1 rings (SSSR count). The fourth-order valence-corrected chi connectivity index (χ4v) is 1.89. The molecule has 0 saturated heterocycles. The van der Waals surface area contributed by atoms with E-state index >= 15 is 0 Å². The Balaban J connectivity index is 2.46. The van der Waals surface area contributed by atoms with Crippen LogP contribution >= 0.6 is 0 Å². The van der Waals surface area contributed by atoms with Crippen molar-refractivity contribution < 1.29 is 14.7 Å². The van der Waals surface area contributed by atoms with Gasteiger partial charge in [-0.05, 0) is 18.8 Å². The third-order valence-electron chi connectivity index (χ3n) is 2.58. The van der Waals surface area contributed by atoms with Crippen LogP contribution in [0.4, 0.5) is 0 Å². The summed E-state index contributed by atoms with van der Waals surface area (Å²) in [6.07, 6.45) is 5.00. The van der Waals surface area contributed by atoms with E-state index in [9.17, 15) is 9.59 Å². The average molecular weight is 170 g/mol. The van der Waals surface area contributed by atoms with Crippen molar-refractivity contribution in [2.75, 3.05) is 0 Å². The molecule has 0 bridgehead atoms. The quantitative estimate of drug-likeness (QED) is 0.652. The van der Waals surface area contributed by atoms with E-state index in [1.54, 1.807) is 0 Å². The summed E-state index contributed by atoms with van der Waals surface area (Å²) in [4.78, 5) is 21.0. The molecule has 0 unspecified atom stereocenters. The van der Waals surface area contributed by atoms with E-state index in [2.05, 4.69) is 0 Å². The lowest BCUT2D eigenvalue weighted by Gasteiger charge is -2.25. The Bertz CT molecular complexity index is 177. The Morgan fingerprint density at radius 3 is 2.67 bits per heavy atom. The van der Waals surface area contributed by atoms with Crippen molar-refractivity contribution in [2.45, 2.75) is 32.1 Å². The van der Waals surface area contributed by atoms with Crippen LogP contribution < -0.4 is 0 Å². The minimum atomic E-state index is -0.784. The van der Waals surface area contributed by atoms with Crippen LogP contribution in [0.15, 0.2) is 0 Å². The fourth-order valence-electron chi connectivity index (χ4n) is 1.89. The zero-order valence-corrected chi connectivity index (χ0v) is 7.03. The summed E-state index contributed by atoms with van der Waals surface area (Å²) < 4.78 is 0. The summed E-state index contributed by atoms with van der Waals surface area (Å²) in [6.45, 7) is 0. The first-order valence-corrected chi connectivity index (χ1v) is 4.41. The molecule has 0 radical (unpaired) electrons. The second kappa shape index (κ2) is 4.24. The highest BCUT2D eigenvalue weighted by molar-refractivity contribution is 5.68. The summed E-state index contributed by atoms with van der Waals surface area (Å²) >= 11 is 0. The Labute approximate surface area is 71.8 Å². The molecule has 0 spiro atoms. The van der Waals surface area contributed by atoms with Crippen molar-refractivity contribution in [3.8, 4) is 0 Å². The lowest BCUT2D eigenvalue weighted by molar-refractivity contribution is -0.139. The lowest BCUT2D eigenvalue weighted by atomic mass is 9.78. The highest BCUT2D eigenvalue weighted by Gasteiger charge is 2.26. The van der Waals surface area contributed by atoms with E-state index < -0.39 is 5.97 Å². The van der Waals surface area contributed by atoms with Gasteiger partial charge in [-0.25, -0.2) is 0 Å². The van der Waals surface area contributed by atoms with Crippen molar-refractivity contribution >= 4 is 12.3 Å². The molecule has 0 amide bonds. The van der Waals surface area contributed by atoms with Crippen molar-refractivity contribution in [2.24, 2.45) is 11.8 Å². The first-order chi connectivity index (χ1) is 5.74. The third-order valence-corrected chi connectivity index (χ3v) is 2.58. The maximum absolute atomic E-state index is 10.6. The second-order valence-corrected chi connectivity index (χ2v) is 3.44. The molecule has 1 aliphatic rings. The van der Waals surface area contributed by atoms with Gasteiger partial charge >= 0.3 is 5.97 Å². The van der Waals surface area contributed by atoms with Crippen LogP contribution in [0.5, 0.6) is 0 Å². The number of rotatable bonds is 3. The molecule has 3 heteroatoms. The SMILES string of the molecule is O=C[C@H]1CCCC[C@@H]1CC(=O)O. The molecule has 2 atom stereocenters. The van der Waals surface area contributed by atoms with E-state index in [1.165, 1.54) is 0 Å². The fraction of sp³-hybridized carbons (Fsp3) is 0.778. The number of carbonyl (C=O) groups excluding carboxylic acids is 1. The van der Waals surface area contributed by atoms with Crippen LogP contribution in [0.1, 0.15) is 32.1 Å². The highest BCUT2D eigenvalue weighted by atomic mass is 16.4. The lowest BCUT2D eigenvalue weighted by Crippen LogP contribution is -2.23. The predicted octanol–water partition coefficient (Wildman–Crippen LogP) is 1.47. The Kier molecular flexibility index (Phi) is 3.26. The van der Waals surface area contributed by atoms with Gasteiger partial charge < -0.3 is 9.90 Å². The second-order valence-electron chi connectivity index (χ2n) is 3.44. The number of carboxylic acids is 1. The normalized spacial score (nSPS) is 29.7. The molecule has 0 aliphatic heterocycles. The van der Waals surface area contributed by atoms with Crippen molar-refractivity contribution in [3.63, 3.8) is 0 Å². The van der Waals surface area contributed by atoms with Gasteiger partial charge in [0.25, 0.3) is 0 Å². The maximum atomic E-state index is 10.6. The van der Waals surface area contributed by atoms with Gasteiger partial charge in [-0.1, -0.05) is 12.8 Å².